The summed E-state index contributed by atoms with van der Waals surface area (Å²) in [5.41, 5.74) is 3.19. The monoisotopic (exact) mass is 253 g/mol. The maximum Gasteiger partial charge on any atom is 0.186 e. The number of ether oxygens (including phenoxy) is 1. The highest BCUT2D eigenvalue weighted by atomic mass is 32.1. The van der Waals surface area contributed by atoms with Crippen LogP contribution in [0.1, 0.15) is 12.5 Å². The molecule has 0 aliphatic carbocycles. The minimum atomic E-state index is 0.130. The summed E-state index contributed by atoms with van der Waals surface area (Å²) in [6.07, 6.45) is 1.47. The average molecular weight is 253 g/mol. The number of phenolic OH excluding ortho intramolecular Hbond substituents is 1. The van der Waals surface area contributed by atoms with Gasteiger partial charge in [0.15, 0.2) is 5.11 Å². The smallest absolute Gasteiger partial charge is 0.186 e. The van der Waals surface area contributed by atoms with Crippen molar-refractivity contribution < 1.29 is 9.84 Å². The molecule has 1 aromatic carbocycles. The van der Waals surface area contributed by atoms with Crippen LogP contribution in [0.2, 0.25) is 0 Å². The number of methoxy groups -OCH3 is 1. The van der Waals surface area contributed by atoms with Crippen molar-refractivity contribution in [3.8, 4) is 11.5 Å². The molecule has 1 aromatic rings. The SMILES string of the molecule is CCNC(=S)N/N=C/c1cc(OC)ccc1O. The second-order valence-corrected chi connectivity index (χ2v) is 3.56. The topological polar surface area (TPSA) is 65.9 Å². The van der Waals surface area contributed by atoms with E-state index in [4.69, 9.17) is 17.0 Å². The van der Waals surface area contributed by atoms with Gasteiger partial charge in [0.1, 0.15) is 11.5 Å². The second-order valence-electron chi connectivity index (χ2n) is 3.15. The standard InChI is InChI=1S/C11H15N3O2S/c1-3-12-11(17)14-13-7-8-6-9(16-2)4-5-10(8)15/h4-7,15H,3H2,1-2H3,(H2,12,14,17)/b13-7+. The van der Waals surface area contributed by atoms with Gasteiger partial charge in [0.05, 0.1) is 13.3 Å². The molecule has 0 saturated carbocycles. The molecule has 6 heteroatoms. The number of hydrogen-bond donors (Lipinski definition) is 3. The van der Waals surface area contributed by atoms with Crippen LogP contribution in [-0.4, -0.2) is 30.1 Å². The van der Waals surface area contributed by atoms with Crippen molar-refractivity contribution in [2.45, 2.75) is 6.92 Å². The molecule has 92 valence electrons. The zero-order chi connectivity index (χ0) is 12.7. The molecule has 0 spiro atoms. The predicted octanol–water partition coefficient (Wildman–Crippen LogP) is 1.22. The molecule has 0 heterocycles. The minimum absolute atomic E-state index is 0.130. The minimum Gasteiger partial charge on any atom is -0.507 e. The van der Waals surface area contributed by atoms with E-state index in [1.807, 2.05) is 6.92 Å². The molecule has 0 saturated heterocycles. The van der Waals surface area contributed by atoms with Gasteiger partial charge in [-0.3, -0.25) is 5.43 Å². The van der Waals surface area contributed by atoms with Gasteiger partial charge in [-0.25, -0.2) is 0 Å². The molecule has 0 radical (unpaired) electrons. The zero-order valence-corrected chi connectivity index (χ0v) is 10.5. The van der Waals surface area contributed by atoms with Crippen LogP contribution in [-0.2, 0) is 0 Å². The van der Waals surface area contributed by atoms with Crippen molar-refractivity contribution in [1.82, 2.24) is 10.7 Å². The molecule has 0 aliphatic rings. The molecular weight excluding hydrogens is 238 g/mol. The second kappa shape index (κ2) is 6.70. The van der Waals surface area contributed by atoms with Gasteiger partial charge in [-0.15, -0.1) is 0 Å². The Morgan fingerprint density at radius 3 is 3.00 bits per heavy atom. The van der Waals surface area contributed by atoms with Crippen molar-refractivity contribution in [3.05, 3.63) is 23.8 Å². The number of aromatic hydroxyl groups is 1. The molecule has 0 aliphatic heterocycles. The summed E-state index contributed by atoms with van der Waals surface area (Å²) >= 11 is 4.93. The summed E-state index contributed by atoms with van der Waals surface area (Å²) in [4.78, 5) is 0. The van der Waals surface area contributed by atoms with Crippen LogP contribution in [0.3, 0.4) is 0 Å². The van der Waals surface area contributed by atoms with Crippen LogP contribution in [0.4, 0.5) is 0 Å². The number of nitrogens with zero attached hydrogens (tertiary/aromatic N) is 1. The third kappa shape index (κ3) is 4.28. The lowest BCUT2D eigenvalue weighted by Gasteiger charge is -2.04. The maximum atomic E-state index is 9.58. The van der Waals surface area contributed by atoms with E-state index in [0.29, 0.717) is 16.4 Å². The summed E-state index contributed by atoms with van der Waals surface area (Å²) in [6.45, 7) is 2.66. The first-order valence-corrected chi connectivity index (χ1v) is 5.52. The molecule has 0 amide bonds. The molecule has 0 bridgehead atoms. The van der Waals surface area contributed by atoms with E-state index in [1.54, 1.807) is 25.3 Å². The number of nitrogens with one attached hydrogen (secondary N) is 2. The van der Waals surface area contributed by atoms with Gasteiger partial charge in [-0.1, -0.05) is 0 Å². The molecule has 0 aromatic heterocycles. The van der Waals surface area contributed by atoms with E-state index in [9.17, 15) is 5.11 Å². The molecular formula is C11H15N3O2S. The molecule has 17 heavy (non-hydrogen) atoms. The Morgan fingerprint density at radius 2 is 2.35 bits per heavy atom. The maximum absolute atomic E-state index is 9.58. The molecule has 5 nitrogen and oxygen atoms in total. The largest absolute Gasteiger partial charge is 0.507 e. The first-order valence-electron chi connectivity index (χ1n) is 5.11. The van der Waals surface area contributed by atoms with E-state index in [1.165, 1.54) is 6.21 Å². The lowest BCUT2D eigenvalue weighted by Crippen LogP contribution is -2.31. The number of hydrazone groups is 1. The lowest BCUT2D eigenvalue weighted by atomic mass is 10.2. The van der Waals surface area contributed by atoms with Crippen LogP contribution in [0.15, 0.2) is 23.3 Å². The van der Waals surface area contributed by atoms with Gasteiger partial charge in [0, 0.05) is 12.1 Å². The fraction of sp³-hybridized carbons (Fsp3) is 0.273. The van der Waals surface area contributed by atoms with Gasteiger partial charge in [-0.2, -0.15) is 5.10 Å². The number of rotatable bonds is 4. The fourth-order valence-corrected chi connectivity index (χ4v) is 1.32. The van der Waals surface area contributed by atoms with Crippen LogP contribution in [0.5, 0.6) is 11.5 Å². The van der Waals surface area contributed by atoms with Crippen molar-refractivity contribution in [3.63, 3.8) is 0 Å². The van der Waals surface area contributed by atoms with E-state index in [-0.39, 0.29) is 5.75 Å². The lowest BCUT2D eigenvalue weighted by molar-refractivity contribution is 0.412. The van der Waals surface area contributed by atoms with E-state index < -0.39 is 0 Å². The Bertz CT molecular complexity index is 421. The molecule has 0 fully saturated rings. The van der Waals surface area contributed by atoms with Gasteiger partial charge in [-0.05, 0) is 37.3 Å². The average Bonchev–Trinajstić information content (AvgIpc) is 2.32. The summed E-state index contributed by atoms with van der Waals surface area (Å²) in [5.74, 6) is 0.782. The van der Waals surface area contributed by atoms with Gasteiger partial charge in [0.2, 0.25) is 0 Å². The first kappa shape index (κ1) is 13.2. The Balaban J connectivity index is 2.67. The summed E-state index contributed by atoms with van der Waals surface area (Å²) in [7, 11) is 1.56. The van der Waals surface area contributed by atoms with Crippen molar-refractivity contribution in [2.75, 3.05) is 13.7 Å². The molecule has 0 unspecified atom stereocenters. The normalized spacial score (nSPS) is 10.2. The summed E-state index contributed by atoms with van der Waals surface area (Å²) in [5, 5.41) is 16.8. The highest BCUT2D eigenvalue weighted by Gasteiger charge is 2.00. The zero-order valence-electron chi connectivity index (χ0n) is 9.73. The van der Waals surface area contributed by atoms with Crippen LogP contribution in [0.25, 0.3) is 0 Å². The highest BCUT2D eigenvalue weighted by molar-refractivity contribution is 7.80. The van der Waals surface area contributed by atoms with Crippen LogP contribution in [0, 0.1) is 0 Å². The summed E-state index contributed by atoms with van der Waals surface area (Å²) in [6, 6.07) is 4.89. The highest BCUT2D eigenvalue weighted by Crippen LogP contribution is 2.20. The van der Waals surface area contributed by atoms with Crippen molar-refractivity contribution in [1.29, 1.82) is 0 Å². The molecule has 3 N–H and O–H groups in total. The van der Waals surface area contributed by atoms with Gasteiger partial charge < -0.3 is 15.2 Å². The Morgan fingerprint density at radius 1 is 1.59 bits per heavy atom. The Labute approximate surface area is 105 Å². The van der Waals surface area contributed by atoms with Gasteiger partial charge >= 0.3 is 0 Å². The van der Waals surface area contributed by atoms with Crippen molar-refractivity contribution in [2.24, 2.45) is 5.10 Å². The number of benzene rings is 1. The summed E-state index contributed by atoms with van der Waals surface area (Å²) < 4.78 is 5.04. The Kier molecular flexibility index (Phi) is 5.22. The predicted molar refractivity (Wildman–Crippen MR) is 71.7 cm³/mol. The van der Waals surface area contributed by atoms with Crippen LogP contribution < -0.4 is 15.5 Å². The first-order chi connectivity index (χ1) is 8.17. The van der Waals surface area contributed by atoms with Gasteiger partial charge in [0.25, 0.3) is 0 Å². The number of phenols is 1. The molecule has 0 atom stereocenters. The van der Waals surface area contributed by atoms with Crippen LogP contribution >= 0.6 is 12.2 Å². The third-order valence-corrected chi connectivity index (χ3v) is 2.18. The van der Waals surface area contributed by atoms with E-state index in [2.05, 4.69) is 15.8 Å². The Hall–Kier alpha value is -1.82. The van der Waals surface area contributed by atoms with Crippen molar-refractivity contribution >= 4 is 23.5 Å². The third-order valence-electron chi connectivity index (χ3n) is 1.94. The quantitative estimate of drug-likeness (QED) is 0.428. The van der Waals surface area contributed by atoms with E-state index in [0.717, 1.165) is 6.54 Å². The number of hydrogen-bond acceptors (Lipinski definition) is 4. The number of thiocarbonyl (C=S) groups is 1. The van der Waals surface area contributed by atoms with E-state index >= 15 is 0 Å². The fourth-order valence-electron chi connectivity index (χ4n) is 1.12. The molecule has 1 rings (SSSR count).